The average molecular weight is 341 g/mol. The van der Waals surface area contributed by atoms with E-state index in [4.69, 9.17) is 4.74 Å². The molecule has 5 nitrogen and oxygen atoms in total. The Morgan fingerprint density at radius 2 is 2.30 bits per heavy atom. The van der Waals surface area contributed by atoms with E-state index < -0.39 is 0 Å². The van der Waals surface area contributed by atoms with Crippen LogP contribution in [0.15, 0.2) is 22.8 Å². The van der Waals surface area contributed by atoms with E-state index in [1.165, 1.54) is 0 Å². The average Bonchev–Trinajstić information content (AvgIpc) is 2.48. The Kier molecular flexibility index (Phi) is 5.11. The zero-order chi connectivity index (χ0) is 14.5. The highest BCUT2D eigenvalue weighted by atomic mass is 79.9. The first kappa shape index (κ1) is 15.0. The van der Waals surface area contributed by atoms with Crippen LogP contribution in [0.1, 0.15) is 30.3 Å². The maximum absolute atomic E-state index is 12.3. The Bertz CT molecular complexity index is 490. The Morgan fingerprint density at radius 1 is 1.50 bits per heavy atom. The van der Waals surface area contributed by atoms with Crippen LogP contribution >= 0.6 is 15.9 Å². The minimum atomic E-state index is -0.219. The summed E-state index contributed by atoms with van der Waals surface area (Å²) in [4.78, 5) is 29.9. The minimum absolute atomic E-state index is 0.133. The van der Waals surface area contributed by atoms with Crippen LogP contribution in [0.5, 0.6) is 0 Å². The predicted molar refractivity (Wildman–Crippen MR) is 77.2 cm³/mol. The molecule has 1 amide bonds. The van der Waals surface area contributed by atoms with Gasteiger partial charge < -0.3 is 9.64 Å². The van der Waals surface area contributed by atoms with Crippen molar-refractivity contribution in [1.29, 1.82) is 0 Å². The summed E-state index contributed by atoms with van der Waals surface area (Å²) in [6.07, 6.45) is 3.18. The van der Waals surface area contributed by atoms with Gasteiger partial charge in [-0.15, -0.1) is 0 Å². The van der Waals surface area contributed by atoms with Gasteiger partial charge in [0.15, 0.2) is 0 Å². The number of hydrogen-bond acceptors (Lipinski definition) is 4. The van der Waals surface area contributed by atoms with Gasteiger partial charge in [-0.2, -0.15) is 0 Å². The molecule has 1 fully saturated rings. The number of amides is 1. The molecule has 0 bridgehead atoms. The largest absolute Gasteiger partial charge is 0.466 e. The van der Waals surface area contributed by atoms with Gasteiger partial charge in [-0.05, 0) is 47.8 Å². The molecule has 1 aliphatic rings. The fourth-order valence-electron chi connectivity index (χ4n) is 2.28. The fraction of sp³-hybridized carbons (Fsp3) is 0.500. The van der Waals surface area contributed by atoms with Crippen molar-refractivity contribution in [1.82, 2.24) is 9.88 Å². The number of aromatic nitrogens is 1. The molecule has 0 unspecified atom stereocenters. The third kappa shape index (κ3) is 3.56. The highest BCUT2D eigenvalue weighted by Crippen LogP contribution is 2.20. The predicted octanol–water partition coefficient (Wildman–Crippen LogP) is 2.26. The van der Waals surface area contributed by atoms with E-state index in [0.29, 0.717) is 25.4 Å². The number of rotatable bonds is 3. The van der Waals surface area contributed by atoms with E-state index in [9.17, 15) is 9.59 Å². The lowest BCUT2D eigenvalue weighted by atomic mass is 9.98. The smallest absolute Gasteiger partial charge is 0.310 e. The Balaban J connectivity index is 2.03. The van der Waals surface area contributed by atoms with Crippen LogP contribution in [0, 0.1) is 5.92 Å². The molecule has 0 saturated carbocycles. The summed E-state index contributed by atoms with van der Waals surface area (Å²) in [6, 6.07) is 3.47. The first-order chi connectivity index (χ1) is 9.61. The molecule has 2 rings (SSSR count). The van der Waals surface area contributed by atoms with Crippen LogP contribution in [-0.4, -0.2) is 41.5 Å². The van der Waals surface area contributed by atoms with Crippen molar-refractivity contribution in [3.05, 3.63) is 28.5 Å². The van der Waals surface area contributed by atoms with Crippen molar-refractivity contribution < 1.29 is 14.3 Å². The zero-order valence-corrected chi connectivity index (χ0v) is 12.9. The summed E-state index contributed by atoms with van der Waals surface area (Å²) in [5, 5.41) is 0. The molecule has 1 aliphatic heterocycles. The molecule has 20 heavy (non-hydrogen) atoms. The summed E-state index contributed by atoms with van der Waals surface area (Å²) in [5.74, 6) is -0.566. The van der Waals surface area contributed by atoms with Gasteiger partial charge in [0.05, 0.1) is 12.5 Å². The van der Waals surface area contributed by atoms with Crippen molar-refractivity contribution in [3.63, 3.8) is 0 Å². The topological polar surface area (TPSA) is 59.5 Å². The number of likely N-dealkylation sites (tertiary alicyclic amines) is 1. The molecule has 0 N–H and O–H groups in total. The molecule has 1 aromatic rings. The number of ether oxygens (including phenoxy) is 1. The van der Waals surface area contributed by atoms with Crippen molar-refractivity contribution in [3.8, 4) is 0 Å². The van der Waals surface area contributed by atoms with E-state index in [2.05, 4.69) is 20.9 Å². The number of hydrogen-bond donors (Lipinski definition) is 0. The van der Waals surface area contributed by atoms with Crippen molar-refractivity contribution >= 4 is 27.8 Å². The van der Waals surface area contributed by atoms with E-state index in [1.54, 1.807) is 30.2 Å². The number of pyridine rings is 1. The quantitative estimate of drug-likeness (QED) is 0.792. The third-order valence-corrected chi connectivity index (χ3v) is 3.74. The highest BCUT2D eigenvalue weighted by Gasteiger charge is 2.30. The normalized spacial score (nSPS) is 18.7. The number of carbonyl (C=O) groups excluding carboxylic acids is 2. The molecule has 1 aromatic heterocycles. The molecule has 1 saturated heterocycles. The van der Waals surface area contributed by atoms with Gasteiger partial charge in [-0.3, -0.25) is 9.59 Å². The molecule has 1 atom stereocenters. The molecule has 0 radical (unpaired) electrons. The molecule has 6 heteroatoms. The lowest BCUT2D eigenvalue weighted by Crippen LogP contribution is -2.43. The number of carbonyl (C=O) groups is 2. The molecule has 2 heterocycles. The minimum Gasteiger partial charge on any atom is -0.466 e. The van der Waals surface area contributed by atoms with Crippen molar-refractivity contribution in [2.75, 3.05) is 19.7 Å². The van der Waals surface area contributed by atoms with Crippen LogP contribution in [0.3, 0.4) is 0 Å². The van der Waals surface area contributed by atoms with Crippen LogP contribution in [-0.2, 0) is 9.53 Å². The maximum atomic E-state index is 12.3. The second kappa shape index (κ2) is 6.83. The molecular formula is C14H17BrN2O3. The van der Waals surface area contributed by atoms with Gasteiger partial charge in [0.2, 0.25) is 0 Å². The second-order valence-corrected chi connectivity index (χ2v) is 5.62. The van der Waals surface area contributed by atoms with Gasteiger partial charge in [0.25, 0.3) is 5.91 Å². The summed E-state index contributed by atoms with van der Waals surface area (Å²) in [7, 11) is 0. The lowest BCUT2D eigenvalue weighted by Gasteiger charge is -2.31. The van der Waals surface area contributed by atoms with Gasteiger partial charge in [-0.1, -0.05) is 0 Å². The maximum Gasteiger partial charge on any atom is 0.310 e. The standard InChI is InChI=1S/C14H17BrN2O3/c1-2-20-14(19)10-4-3-7-17(9-10)13(18)12-6-5-11(15)8-16-12/h5-6,8,10H,2-4,7,9H2,1H3/t10-/m0/s1. The molecule has 0 aromatic carbocycles. The van der Waals surface area contributed by atoms with Crippen molar-refractivity contribution in [2.45, 2.75) is 19.8 Å². The van der Waals surface area contributed by atoms with Gasteiger partial charge in [0, 0.05) is 23.8 Å². The van der Waals surface area contributed by atoms with Gasteiger partial charge in [0.1, 0.15) is 5.69 Å². The van der Waals surface area contributed by atoms with E-state index in [1.807, 2.05) is 0 Å². The summed E-state index contributed by atoms with van der Waals surface area (Å²) < 4.78 is 5.86. The van der Waals surface area contributed by atoms with Crippen LogP contribution in [0.2, 0.25) is 0 Å². The fourth-order valence-corrected chi connectivity index (χ4v) is 2.51. The summed E-state index contributed by atoms with van der Waals surface area (Å²) >= 11 is 3.29. The first-order valence-corrected chi connectivity index (χ1v) is 7.48. The first-order valence-electron chi connectivity index (χ1n) is 6.69. The van der Waals surface area contributed by atoms with E-state index in [0.717, 1.165) is 17.3 Å². The number of nitrogens with zero attached hydrogens (tertiary/aromatic N) is 2. The van der Waals surface area contributed by atoms with Crippen LogP contribution < -0.4 is 0 Å². The van der Waals surface area contributed by atoms with E-state index in [-0.39, 0.29) is 17.8 Å². The number of esters is 1. The van der Waals surface area contributed by atoms with Gasteiger partial charge >= 0.3 is 5.97 Å². The third-order valence-electron chi connectivity index (χ3n) is 3.28. The Labute approximate surface area is 126 Å². The molecular weight excluding hydrogens is 324 g/mol. The number of piperidine rings is 1. The Hall–Kier alpha value is -1.43. The highest BCUT2D eigenvalue weighted by molar-refractivity contribution is 9.10. The van der Waals surface area contributed by atoms with Gasteiger partial charge in [-0.25, -0.2) is 4.98 Å². The second-order valence-electron chi connectivity index (χ2n) is 4.70. The lowest BCUT2D eigenvalue weighted by molar-refractivity contribution is -0.149. The monoisotopic (exact) mass is 340 g/mol. The zero-order valence-electron chi connectivity index (χ0n) is 11.3. The molecule has 0 spiro atoms. The summed E-state index contributed by atoms with van der Waals surface area (Å²) in [5.41, 5.74) is 0.401. The molecule has 108 valence electrons. The SMILES string of the molecule is CCOC(=O)[C@H]1CCCN(C(=O)c2ccc(Br)cn2)C1. The Morgan fingerprint density at radius 3 is 2.95 bits per heavy atom. The molecule has 0 aliphatic carbocycles. The van der Waals surface area contributed by atoms with E-state index >= 15 is 0 Å². The van der Waals surface area contributed by atoms with Crippen molar-refractivity contribution in [2.24, 2.45) is 5.92 Å². The van der Waals surface area contributed by atoms with Crippen LogP contribution in [0.25, 0.3) is 0 Å². The van der Waals surface area contributed by atoms with Crippen LogP contribution in [0.4, 0.5) is 0 Å². The summed E-state index contributed by atoms with van der Waals surface area (Å²) in [6.45, 7) is 3.23. The number of halogens is 1.